The molecule has 0 atom stereocenters. The Morgan fingerprint density at radius 3 is 2.30 bits per heavy atom. The van der Waals surface area contributed by atoms with Gasteiger partial charge in [-0.1, -0.05) is 0 Å². The fraction of sp³-hybridized carbons (Fsp3) is 0.643. The minimum absolute atomic E-state index is 0.00132. The van der Waals surface area contributed by atoms with Crippen molar-refractivity contribution >= 4 is 11.7 Å². The average molecular weight is 275 g/mol. The van der Waals surface area contributed by atoms with E-state index < -0.39 is 0 Å². The summed E-state index contributed by atoms with van der Waals surface area (Å²) in [7, 11) is 2.08. The molecule has 0 aromatic carbocycles. The van der Waals surface area contributed by atoms with Gasteiger partial charge in [0.15, 0.2) is 0 Å². The van der Waals surface area contributed by atoms with Crippen LogP contribution < -0.4 is 4.90 Å². The molecule has 20 heavy (non-hydrogen) atoms. The van der Waals surface area contributed by atoms with Crippen molar-refractivity contribution in [3.63, 3.8) is 0 Å². The molecule has 2 aliphatic rings. The highest BCUT2D eigenvalue weighted by Gasteiger charge is 2.22. The molecule has 2 saturated heterocycles. The fourth-order valence-electron chi connectivity index (χ4n) is 2.71. The van der Waals surface area contributed by atoms with Gasteiger partial charge in [-0.05, 0) is 19.9 Å². The van der Waals surface area contributed by atoms with E-state index in [9.17, 15) is 4.79 Å². The number of nitrogens with zero attached hydrogens (tertiary/aromatic N) is 5. The average Bonchev–Trinajstić information content (AvgIpc) is 3.02. The molecule has 0 aliphatic carbocycles. The summed E-state index contributed by atoms with van der Waals surface area (Å²) in [6.45, 7) is 5.46. The zero-order valence-electron chi connectivity index (χ0n) is 12.0. The van der Waals surface area contributed by atoms with Crippen molar-refractivity contribution in [2.45, 2.75) is 12.8 Å². The van der Waals surface area contributed by atoms with Gasteiger partial charge in [0.2, 0.25) is 0 Å². The van der Waals surface area contributed by atoms with Crippen LogP contribution in [0.15, 0.2) is 12.4 Å². The van der Waals surface area contributed by atoms with Gasteiger partial charge in [0.05, 0.1) is 12.4 Å². The number of aromatic nitrogens is 2. The lowest BCUT2D eigenvalue weighted by atomic mass is 10.3. The van der Waals surface area contributed by atoms with Crippen LogP contribution in [0.2, 0.25) is 0 Å². The van der Waals surface area contributed by atoms with Crippen LogP contribution in [-0.4, -0.2) is 72.0 Å². The van der Waals surface area contributed by atoms with Crippen LogP contribution in [0.3, 0.4) is 0 Å². The van der Waals surface area contributed by atoms with Gasteiger partial charge in [-0.2, -0.15) is 0 Å². The van der Waals surface area contributed by atoms with Crippen LogP contribution in [0.1, 0.15) is 23.3 Å². The fourth-order valence-corrected chi connectivity index (χ4v) is 2.71. The number of hydrogen-bond acceptors (Lipinski definition) is 5. The molecule has 108 valence electrons. The summed E-state index contributed by atoms with van der Waals surface area (Å²) in [5.74, 6) is 0.885. The maximum Gasteiger partial charge on any atom is 0.274 e. The number of rotatable bonds is 2. The zero-order valence-corrected chi connectivity index (χ0v) is 12.0. The quantitative estimate of drug-likeness (QED) is 0.785. The van der Waals surface area contributed by atoms with E-state index in [0.717, 1.165) is 45.1 Å². The van der Waals surface area contributed by atoms with E-state index in [2.05, 4.69) is 26.8 Å². The molecule has 0 spiro atoms. The van der Waals surface area contributed by atoms with Crippen molar-refractivity contribution in [2.75, 3.05) is 51.2 Å². The van der Waals surface area contributed by atoms with Crippen LogP contribution in [0.5, 0.6) is 0 Å². The van der Waals surface area contributed by atoms with Crippen molar-refractivity contribution in [1.82, 2.24) is 19.8 Å². The second-order valence-electron chi connectivity index (χ2n) is 5.55. The summed E-state index contributed by atoms with van der Waals surface area (Å²) in [5.41, 5.74) is 0.456. The van der Waals surface area contributed by atoms with E-state index in [0.29, 0.717) is 5.69 Å². The third-order valence-corrected chi connectivity index (χ3v) is 4.08. The highest BCUT2D eigenvalue weighted by molar-refractivity contribution is 5.92. The van der Waals surface area contributed by atoms with Gasteiger partial charge in [-0.25, -0.2) is 9.97 Å². The third-order valence-electron chi connectivity index (χ3n) is 4.08. The highest BCUT2D eigenvalue weighted by atomic mass is 16.2. The Hall–Kier alpha value is -1.69. The summed E-state index contributed by atoms with van der Waals surface area (Å²) < 4.78 is 0. The largest absolute Gasteiger partial charge is 0.355 e. The molecule has 2 aliphatic heterocycles. The van der Waals surface area contributed by atoms with Gasteiger partial charge in [0.25, 0.3) is 5.91 Å². The molecule has 3 rings (SSSR count). The Balaban J connectivity index is 1.66. The first-order valence-corrected chi connectivity index (χ1v) is 7.29. The summed E-state index contributed by atoms with van der Waals surface area (Å²) >= 11 is 0. The Bertz CT molecular complexity index is 461. The number of likely N-dealkylation sites (N-methyl/N-ethyl adjacent to an activating group) is 1. The first kappa shape index (κ1) is 13.3. The van der Waals surface area contributed by atoms with E-state index in [1.54, 1.807) is 12.4 Å². The van der Waals surface area contributed by atoms with Crippen LogP contribution in [0.25, 0.3) is 0 Å². The van der Waals surface area contributed by atoms with Crippen LogP contribution in [0, 0.1) is 0 Å². The Morgan fingerprint density at radius 1 is 1.00 bits per heavy atom. The highest BCUT2D eigenvalue weighted by Crippen LogP contribution is 2.16. The van der Waals surface area contributed by atoms with Crippen molar-refractivity contribution in [3.05, 3.63) is 18.1 Å². The molecular formula is C14H21N5O. The number of carbonyl (C=O) groups is 1. The minimum Gasteiger partial charge on any atom is -0.355 e. The summed E-state index contributed by atoms with van der Waals surface area (Å²) in [5, 5.41) is 0. The van der Waals surface area contributed by atoms with Crippen LogP contribution >= 0.6 is 0 Å². The molecule has 1 amide bonds. The van der Waals surface area contributed by atoms with Crippen LogP contribution in [0.4, 0.5) is 5.82 Å². The normalized spacial score (nSPS) is 20.4. The van der Waals surface area contributed by atoms with E-state index in [-0.39, 0.29) is 5.91 Å². The number of anilines is 1. The summed E-state index contributed by atoms with van der Waals surface area (Å²) in [4.78, 5) is 27.3. The van der Waals surface area contributed by atoms with Crippen molar-refractivity contribution in [1.29, 1.82) is 0 Å². The predicted octanol–water partition coefficient (Wildman–Crippen LogP) is 0.464. The SMILES string of the molecule is CN1CCN(C(=O)c2cnc(N3CCCC3)cn2)CC1. The second-order valence-corrected chi connectivity index (χ2v) is 5.55. The zero-order chi connectivity index (χ0) is 13.9. The first-order chi connectivity index (χ1) is 9.74. The first-order valence-electron chi connectivity index (χ1n) is 7.29. The lowest BCUT2D eigenvalue weighted by Crippen LogP contribution is -2.47. The van der Waals surface area contributed by atoms with E-state index in [1.807, 2.05) is 4.90 Å². The van der Waals surface area contributed by atoms with Gasteiger partial charge < -0.3 is 14.7 Å². The Labute approximate surface area is 119 Å². The predicted molar refractivity (Wildman–Crippen MR) is 76.9 cm³/mol. The van der Waals surface area contributed by atoms with E-state index in [4.69, 9.17) is 0 Å². The maximum atomic E-state index is 12.3. The molecule has 0 N–H and O–H groups in total. The van der Waals surface area contributed by atoms with Crippen LogP contribution in [-0.2, 0) is 0 Å². The standard InChI is InChI=1S/C14H21N5O/c1-17-6-8-19(9-7-17)14(20)12-10-16-13(11-15-12)18-4-2-3-5-18/h10-11H,2-9H2,1H3. The van der Waals surface area contributed by atoms with Crippen molar-refractivity contribution < 1.29 is 4.79 Å². The van der Waals surface area contributed by atoms with Gasteiger partial charge in [-0.3, -0.25) is 4.79 Å². The Kier molecular flexibility index (Phi) is 3.82. The number of piperazine rings is 1. The maximum absolute atomic E-state index is 12.3. The molecule has 0 bridgehead atoms. The van der Waals surface area contributed by atoms with E-state index >= 15 is 0 Å². The molecule has 0 unspecified atom stereocenters. The second kappa shape index (κ2) is 5.75. The topological polar surface area (TPSA) is 52.6 Å². The number of carbonyl (C=O) groups excluding carboxylic acids is 1. The molecule has 6 heteroatoms. The van der Waals surface area contributed by atoms with E-state index in [1.165, 1.54) is 12.8 Å². The number of hydrogen-bond donors (Lipinski definition) is 0. The van der Waals surface area contributed by atoms with Crippen molar-refractivity contribution in [3.8, 4) is 0 Å². The lowest BCUT2D eigenvalue weighted by molar-refractivity contribution is 0.0658. The number of amides is 1. The third kappa shape index (κ3) is 2.75. The molecular weight excluding hydrogens is 254 g/mol. The minimum atomic E-state index is -0.00132. The Morgan fingerprint density at radius 2 is 1.70 bits per heavy atom. The van der Waals surface area contributed by atoms with Gasteiger partial charge >= 0.3 is 0 Å². The summed E-state index contributed by atoms with van der Waals surface area (Å²) in [6.07, 6.45) is 5.77. The monoisotopic (exact) mass is 275 g/mol. The molecule has 6 nitrogen and oxygen atoms in total. The molecule has 2 fully saturated rings. The smallest absolute Gasteiger partial charge is 0.274 e. The molecule has 1 aromatic heterocycles. The van der Waals surface area contributed by atoms with Gasteiger partial charge in [-0.15, -0.1) is 0 Å². The molecule has 0 saturated carbocycles. The van der Waals surface area contributed by atoms with Crippen molar-refractivity contribution in [2.24, 2.45) is 0 Å². The van der Waals surface area contributed by atoms with Gasteiger partial charge in [0, 0.05) is 39.3 Å². The molecule has 0 radical (unpaired) electrons. The lowest BCUT2D eigenvalue weighted by Gasteiger charge is -2.32. The molecule has 1 aromatic rings. The summed E-state index contributed by atoms with van der Waals surface area (Å²) in [6, 6.07) is 0. The molecule has 3 heterocycles. The van der Waals surface area contributed by atoms with Gasteiger partial charge in [0.1, 0.15) is 11.5 Å².